The van der Waals surface area contributed by atoms with E-state index in [0.29, 0.717) is 0 Å². The van der Waals surface area contributed by atoms with E-state index in [0.717, 1.165) is 27.6 Å². The van der Waals surface area contributed by atoms with Crippen molar-refractivity contribution in [3.63, 3.8) is 0 Å². The maximum absolute atomic E-state index is 2.76. The molecule has 1 heteroatoms. The lowest BCUT2D eigenvalue weighted by atomic mass is 10.3. The number of hydrogen-bond acceptors (Lipinski definition) is 0. The fraction of sp³-hybridized carbons (Fsp3) is 1.00. The summed E-state index contributed by atoms with van der Waals surface area (Å²) in [6, 6.07) is 0. The van der Waals surface area contributed by atoms with Crippen LogP contribution >= 0.6 is 8.29 Å². The van der Waals surface area contributed by atoms with Crippen LogP contribution in [0.4, 0.5) is 0 Å². The molecule has 0 aromatic heterocycles. The predicted molar refractivity (Wildman–Crippen MR) is 98.3 cm³/mol. The van der Waals surface area contributed by atoms with Crippen molar-refractivity contribution in [2.45, 2.75) is 85.0 Å². The normalized spacial score (nSPS) is 17.7. The summed E-state index contributed by atoms with van der Waals surface area (Å²) in [5, 5.41) is 2.39. The quantitative estimate of drug-likeness (QED) is 0.537. The first kappa shape index (κ1) is 19.4. The Morgan fingerprint density at radius 1 is 0.526 bits per heavy atom. The summed E-state index contributed by atoms with van der Waals surface area (Å²) in [4.78, 5) is 0. The van der Waals surface area contributed by atoms with Crippen molar-refractivity contribution in [3.05, 3.63) is 0 Å². The SMILES string of the molecule is CC(C)CS(C)(CC(C)C)(C(C)C)(C(C)C)C(C)C. The summed E-state index contributed by atoms with van der Waals surface area (Å²) >= 11 is 0. The van der Waals surface area contributed by atoms with E-state index >= 15 is 0 Å². The first-order valence-electron chi connectivity index (χ1n) is 8.28. The molecule has 0 heterocycles. The highest BCUT2D eigenvalue weighted by molar-refractivity contribution is 8.65. The van der Waals surface area contributed by atoms with Gasteiger partial charge in [-0.05, 0) is 45.3 Å². The van der Waals surface area contributed by atoms with Crippen LogP contribution in [0.1, 0.15) is 69.2 Å². The van der Waals surface area contributed by atoms with Gasteiger partial charge in [0.1, 0.15) is 0 Å². The zero-order valence-electron chi connectivity index (χ0n) is 15.7. The van der Waals surface area contributed by atoms with Gasteiger partial charge in [-0.25, -0.2) is 0 Å². The molecule has 0 rings (SSSR count). The van der Waals surface area contributed by atoms with Crippen LogP contribution in [0.15, 0.2) is 0 Å². The van der Waals surface area contributed by atoms with Crippen molar-refractivity contribution in [1.82, 2.24) is 0 Å². The van der Waals surface area contributed by atoms with E-state index in [2.05, 4.69) is 75.5 Å². The third-order valence-electron chi connectivity index (χ3n) is 6.86. The molecule has 0 spiro atoms. The summed E-state index contributed by atoms with van der Waals surface area (Å²) < 4.78 is 0. The molecule has 0 saturated heterocycles. The van der Waals surface area contributed by atoms with Gasteiger partial charge in [-0.2, -0.15) is 0 Å². The van der Waals surface area contributed by atoms with Crippen LogP contribution in [0.5, 0.6) is 0 Å². The molecular weight excluding hydrogens is 248 g/mol. The van der Waals surface area contributed by atoms with Gasteiger partial charge < -0.3 is 0 Å². The van der Waals surface area contributed by atoms with E-state index in [-0.39, 0.29) is 0 Å². The van der Waals surface area contributed by atoms with Gasteiger partial charge >= 0.3 is 0 Å². The average molecular weight is 291 g/mol. The van der Waals surface area contributed by atoms with Crippen molar-refractivity contribution < 1.29 is 0 Å². The Labute approximate surface area is 123 Å². The van der Waals surface area contributed by atoms with Gasteiger partial charge in [0.25, 0.3) is 0 Å². The zero-order valence-corrected chi connectivity index (χ0v) is 16.5. The Morgan fingerprint density at radius 3 is 0.842 bits per heavy atom. The van der Waals surface area contributed by atoms with E-state index in [1.807, 2.05) is 0 Å². The molecule has 0 nitrogen and oxygen atoms in total. The molecule has 0 unspecified atom stereocenters. The minimum absolute atomic E-state index is 0.789. The molecule has 0 bridgehead atoms. The van der Waals surface area contributed by atoms with Gasteiger partial charge in [-0.15, -0.1) is 0 Å². The highest BCUT2D eigenvalue weighted by Crippen LogP contribution is 2.95. The van der Waals surface area contributed by atoms with Crippen molar-refractivity contribution in [2.75, 3.05) is 17.8 Å². The average Bonchev–Trinajstić information content (AvgIpc) is 2.14. The van der Waals surface area contributed by atoms with Crippen LogP contribution in [0, 0.1) is 11.8 Å². The van der Waals surface area contributed by atoms with Crippen molar-refractivity contribution >= 4 is 8.29 Å². The summed E-state index contributed by atoms with van der Waals surface area (Å²) in [6.07, 6.45) is 2.76. The fourth-order valence-corrected chi connectivity index (χ4v) is 15.4. The topological polar surface area (TPSA) is 0 Å². The minimum atomic E-state index is -2.16. The van der Waals surface area contributed by atoms with E-state index in [1.165, 1.54) is 11.5 Å². The minimum Gasteiger partial charge on any atom is -0.270 e. The summed E-state index contributed by atoms with van der Waals surface area (Å²) in [5.74, 6) is 4.45. The molecule has 0 saturated carbocycles. The second-order valence-electron chi connectivity index (χ2n) is 9.16. The molecule has 0 amide bonds. The Hall–Kier alpha value is 0.350. The number of rotatable bonds is 7. The fourth-order valence-electron chi connectivity index (χ4n) is 5.15. The molecule has 0 atom stereocenters. The Balaban J connectivity index is 6.47. The van der Waals surface area contributed by atoms with Crippen molar-refractivity contribution in [2.24, 2.45) is 11.8 Å². The molecular formula is C18H42S. The summed E-state index contributed by atoms with van der Waals surface area (Å²) in [5.41, 5.74) is 0. The lowest BCUT2D eigenvalue weighted by molar-refractivity contribution is 0.671. The number of hydrogen-bond donors (Lipinski definition) is 0. The molecule has 0 fully saturated rings. The largest absolute Gasteiger partial charge is 0.270 e. The molecule has 0 aliphatic carbocycles. The molecule has 0 N–H and O–H groups in total. The van der Waals surface area contributed by atoms with E-state index in [4.69, 9.17) is 0 Å². The maximum Gasteiger partial charge on any atom is -0.0274 e. The van der Waals surface area contributed by atoms with Gasteiger partial charge in [0, 0.05) is 0 Å². The Kier molecular flexibility index (Phi) is 5.38. The van der Waals surface area contributed by atoms with Crippen LogP contribution in [0.25, 0.3) is 0 Å². The van der Waals surface area contributed by atoms with E-state index in [1.54, 1.807) is 0 Å². The van der Waals surface area contributed by atoms with Gasteiger partial charge in [-0.3, -0.25) is 8.29 Å². The van der Waals surface area contributed by atoms with Crippen molar-refractivity contribution in [3.8, 4) is 0 Å². The molecule has 19 heavy (non-hydrogen) atoms. The van der Waals surface area contributed by atoms with Gasteiger partial charge in [0.2, 0.25) is 0 Å². The lowest BCUT2D eigenvalue weighted by Gasteiger charge is -2.87. The van der Waals surface area contributed by atoms with Gasteiger partial charge in [-0.1, -0.05) is 69.2 Å². The molecule has 0 aliphatic rings. The monoisotopic (exact) mass is 290 g/mol. The molecule has 0 radical (unpaired) electrons. The van der Waals surface area contributed by atoms with Crippen LogP contribution in [0.2, 0.25) is 0 Å². The van der Waals surface area contributed by atoms with Crippen LogP contribution in [0.3, 0.4) is 0 Å². The predicted octanol–water partition coefficient (Wildman–Crippen LogP) is 6.03. The third kappa shape index (κ3) is 2.49. The molecule has 0 aromatic carbocycles. The van der Waals surface area contributed by atoms with Crippen LogP contribution in [-0.4, -0.2) is 33.5 Å². The maximum atomic E-state index is 2.76. The molecule has 0 aliphatic heterocycles. The third-order valence-corrected chi connectivity index (χ3v) is 20.6. The highest BCUT2D eigenvalue weighted by Gasteiger charge is 2.63. The van der Waals surface area contributed by atoms with Crippen molar-refractivity contribution in [1.29, 1.82) is 0 Å². The van der Waals surface area contributed by atoms with Gasteiger partial charge in [0.15, 0.2) is 0 Å². The highest BCUT2D eigenvalue weighted by atomic mass is 32.4. The molecule has 0 aromatic rings. The van der Waals surface area contributed by atoms with E-state index in [9.17, 15) is 0 Å². The second kappa shape index (κ2) is 5.28. The first-order chi connectivity index (χ1) is 8.28. The Bertz CT molecular complexity index is 266. The first-order valence-corrected chi connectivity index (χ1v) is 11.7. The van der Waals surface area contributed by atoms with E-state index < -0.39 is 8.29 Å². The standard InChI is InChI=1S/C18H42S/c1-14(2)12-19(11,16(5)6,17(7)8,18(9)10)13-15(3)4/h14-18H,12-13H2,1-11H3. The van der Waals surface area contributed by atoms with Crippen LogP contribution < -0.4 is 0 Å². The second-order valence-corrected chi connectivity index (χ2v) is 18.5. The molecule has 120 valence electrons. The van der Waals surface area contributed by atoms with Gasteiger partial charge in [0.05, 0.1) is 0 Å². The summed E-state index contributed by atoms with van der Waals surface area (Å²) in [6.45, 7) is 24.8. The Morgan fingerprint density at radius 2 is 0.737 bits per heavy atom. The summed E-state index contributed by atoms with van der Waals surface area (Å²) in [7, 11) is -2.16. The van der Waals surface area contributed by atoms with Crippen LogP contribution in [-0.2, 0) is 0 Å². The lowest BCUT2D eigenvalue weighted by Crippen LogP contribution is -2.61. The smallest absolute Gasteiger partial charge is 0.0274 e. The zero-order chi connectivity index (χ0) is 15.7.